The summed E-state index contributed by atoms with van der Waals surface area (Å²) in [6, 6.07) is 0. The van der Waals surface area contributed by atoms with Gasteiger partial charge in [-0.15, -0.1) is 0 Å². The van der Waals surface area contributed by atoms with E-state index in [-0.39, 0.29) is 13.1 Å². The van der Waals surface area contributed by atoms with Crippen molar-refractivity contribution in [1.82, 2.24) is 0 Å². The van der Waals surface area contributed by atoms with Crippen molar-refractivity contribution in [3.05, 3.63) is 12.8 Å². The van der Waals surface area contributed by atoms with E-state index in [9.17, 15) is 4.79 Å². The van der Waals surface area contributed by atoms with E-state index < -0.39 is 5.41 Å². The minimum absolute atomic E-state index is 0.246. The lowest BCUT2D eigenvalue weighted by atomic mass is 9.85. The predicted molar refractivity (Wildman–Crippen MR) is 47.9 cm³/mol. The highest BCUT2D eigenvalue weighted by molar-refractivity contribution is 6.42. The third kappa shape index (κ3) is 2.32. The average Bonchev–Trinajstić information content (AvgIpc) is 2.11. The van der Waals surface area contributed by atoms with Gasteiger partial charge in [0, 0.05) is 13.2 Å². The van der Waals surface area contributed by atoms with Crippen molar-refractivity contribution in [1.29, 1.82) is 0 Å². The molecule has 13 heavy (non-hydrogen) atoms. The standard InChI is InChI=1S/C8H13BO4/c1-4-11-7(10)8(2)5-12-9(3)13-6-8/h4H,1,5-6H2,2-3H3. The zero-order valence-corrected chi connectivity index (χ0v) is 7.91. The Morgan fingerprint density at radius 3 is 2.62 bits per heavy atom. The first-order valence-electron chi connectivity index (χ1n) is 4.14. The first-order chi connectivity index (χ1) is 6.08. The summed E-state index contributed by atoms with van der Waals surface area (Å²) in [4.78, 5) is 11.4. The molecule has 1 aliphatic heterocycles. The number of ether oxygens (including phenoxy) is 1. The van der Waals surface area contributed by atoms with E-state index in [1.54, 1.807) is 13.7 Å². The molecule has 1 rings (SSSR count). The second-order valence-corrected chi connectivity index (χ2v) is 3.32. The Morgan fingerprint density at radius 2 is 2.15 bits per heavy atom. The first-order valence-corrected chi connectivity index (χ1v) is 4.14. The highest BCUT2D eigenvalue weighted by Gasteiger charge is 2.40. The minimum Gasteiger partial charge on any atom is -0.435 e. The summed E-state index contributed by atoms with van der Waals surface area (Å²) in [6.45, 7) is 7.49. The lowest BCUT2D eigenvalue weighted by Crippen LogP contribution is -2.46. The van der Waals surface area contributed by atoms with Gasteiger partial charge in [-0.25, -0.2) is 0 Å². The van der Waals surface area contributed by atoms with Crippen molar-refractivity contribution >= 4 is 13.1 Å². The number of carbonyl (C=O) groups excluding carboxylic acids is 1. The van der Waals surface area contributed by atoms with Crippen molar-refractivity contribution in [3.63, 3.8) is 0 Å². The number of carbonyl (C=O) groups is 1. The fourth-order valence-corrected chi connectivity index (χ4v) is 1.03. The molecule has 1 aliphatic rings. The van der Waals surface area contributed by atoms with Gasteiger partial charge in [0.2, 0.25) is 0 Å². The third-order valence-corrected chi connectivity index (χ3v) is 1.96. The predicted octanol–water partition coefficient (Wildman–Crippen LogP) is 0.844. The molecule has 0 aromatic carbocycles. The zero-order chi connectivity index (χ0) is 9.90. The Hall–Kier alpha value is -0.805. The van der Waals surface area contributed by atoms with Crippen LogP contribution in [0.25, 0.3) is 0 Å². The molecule has 0 N–H and O–H groups in total. The molecule has 0 aliphatic carbocycles. The van der Waals surface area contributed by atoms with Crippen LogP contribution in [0.15, 0.2) is 12.8 Å². The topological polar surface area (TPSA) is 44.8 Å². The molecule has 0 unspecified atom stereocenters. The van der Waals surface area contributed by atoms with Crippen molar-refractivity contribution in [2.75, 3.05) is 13.2 Å². The lowest BCUT2D eigenvalue weighted by molar-refractivity contribution is -0.156. The van der Waals surface area contributed by atoms with Gasteiger partial charge in [-0.2, -0.15) is 0 Å². The van der Waals surface area contributed by atoms with Gasteiger partial charge in [0.05, 0.1) is 6.26 Å². The smallest absolute Gasteiger partial charge is 0.435 e. The van der Waals surface area contributed by atoms with E-state index in [4.69, 9.17) is 9.31 Å². The Balaban J connectivity index is 2.55. The molecule has 1 saturated heterocycles. The molecule has 0 radical (unpaired) electrons. The molecule has 0 bridgehead atoms. The Labute approximate surface area is 78.0 Å². The van der Waals surface area contributed by atoms with Crippen LogP contribution < -0.4 is 0 Å². The number of hydrogen-bond acceptors (Lipinski definition) is 4. The monoisotopic (exact) mass is 184 g/mol. The van der Waals surface area contributed by atoms with E-state index >= 15 is 0 Å². The van der Waals surface area contributed by atoms with Crippen LogP contribution in [0.1, 0.15) is 6.92 Å². The van der Waals surface area contributed by atoms with Gasteiger partial charge in [0.15, 0.2) is 0 Å². The molecular weight excluding hydrogens is 171 g/mol. The van der Waals surface area contributed by atoms with E-state index in [0.29, 0.717) is 13.2 Å². The molecule has 0 aromatic heterocycles. The minimum atomic E-state index is -0.708. The number of esters is 1. The van der Waals surface area contributed by atoms with Crippen LogP contribution in [0.2, 0.25) is 6.82 Å². The fraction of sp³-hybridized carbons (Fsp3) is 0.625. The Bertz CT molecular complexity index is 208. The van der Waals surface area contributed by atoms with Crippen molar-refractivity contribution < 1.29 is 18.8 Å². The molecule has 4 nitrogen and oxygen atoms in total. The maximum atomic E-state index is 11.4. The largest absolute Gasteiger partial charge is 0.453 e. The van der Waals surface area contributed by atoms with Gasteiger partial charge in [0.25, 0.3) is 0 Å². The molecule has 0 saturated carbocycles. The second-order valence-electron chi connectivity index (χ2n) is 3.32. The summed E-state index contributed by atoms with van der Waals surface area (Å²) in [5.74, 6) is -0.366. The van der Waals surface area contributed by atoms with Crippen LogP contribution in [-0.4, -0.2) is 26.3 Å². The van der Waals surface area contributed by atoms with E-state index in [1.807, 2.05) is 0 Å². The van der Waals surface area contributed by atoms with Gasteiger partial charge in [0.1, 0.15) is 5.41 Å². The fourth-order valence-electron chi connectivity index (χ4n) is 1.03. The van der Waals surface area contributed by atoms with Gasteiger partial charge in [-0.1, -0.05) is 6.58 Å². The highest BCUT2D eigenvalue weighted by atomic mass is 16.6. The van der Waals surface area contributed by atoms with Crippen LogP contribution in [0.5, 0.6) is 0 Å². The molecule has 1 heterocycles. The van der Waals surface area contributed by atoms with Gasteiger partial charge in [-0.05, 0) is 13.7 Å². The van der Waals surface area contributed by atoms with Crippen LogP contribution in [0.4, 0.5) is 0 Å². The molecular formula is C8H13BO4. The van der Waals surface area contributed by atoms with Gasteiger partial charge < -0.3 is 14.0 Å². The van der Waals surface area contributed by atoms with E-state index in [2.05, 4.69) is 11.3 Å². The Morgan fingerprint density at radius 1 is 1.62 bits per heavy atom. The Kier molecular flexibility index (Phi) is 3.11. The van der Waals surface area contributed by atoms with Crippen LogP contribution in [-0.2, 0) is 18.8 Å². The van der Waals surface area contributed by atoms with Gasteiger partial charge >= 0.3 is 13.1 Å². The van der Waals surface area contributed by atoms with E-state index in [1.165, 1.54) is 0 Å². The van der Waals surface area contributed by atoms with E-state index in [0.717, 1.165) is 6.26 Å². The average molecular weight is 184 g/mol. The van der Waals surface area contributed by atoms with Crippen molar-refractivity contribution in [3.8, 4) is 0 Å². The lowest BCUT2D eigenvalue weighted by Gasteiger charge is -2.32. The summed E-state index contributed by atoms with van der Waals surface area (Å²) >= 11 is 0. The maximum Gasteiger partial charge on any atom is 0.453 e. The zero-order valence-electron chi connectivity index (χ0n) is 7.91. The summed E-state index contributed by atoms with van der Waals surface area (Å²) in [7, 11) is -0.246. The molecule has 72 valence electrons. The number of hydrogen-bond donors (Lipinski definition) is 0. The summed E-state index contributed by atoms with van der Waals surface area (Å²) in [5.41, 5.74) is -0.708. The maximum absolute atomic E-state index is 11.4. The second kappa shape index (κ2) is 3.94. The number of rotatable bonds is 2. The summed E-state index contributed by atoms with van der Waals surface area (Å²) < 4.78 is 15.1. The van der Waals surface area contributed by atoms with Crippen molar-refractivity contribution in [2.24, 2.45) is 5.41 Å². The highest BCUT2D eigenvalue weighted by Crippen LogP contribution is 2.24. The molecule has 0 aromatic rings. The molecule has 0 atom stereocenters. The molecule has 5 heteroatoms. The summed E-state index contributed by atoms with van der Waals surface area (Å²) in [5, 5.41) is 0. The normalized spacial score (nSPS) is 20.9. The molecule has 0 spiro atoms. The third-order valence-electron chi connectivity index (χ3n) is 1.96. The van der Waals surface area contributed by atoms with Gasteiger partial charge in [-0.3, -0.25) is 4.79 Å². The quantitative estimate of drug-likeness (QED) is 0.362. The van der Waals surface area contributed by atoms with Crippen LogP contribution in [0.3, 0.4) is 0 Å². The van der Waals surface area contributed by atoms with Crippen LogP contribution in [0, 0.1) is 5.41 Å². The molecule has 0 amide bonds. The van der Waals surface area contributed by atoms with Crippen molar-refractivity contribution in [2.45, 2.75) is 13.7 Å². The SMILES string of the molecule is C=COC(=O)C1(C)COB(C)OC1. The molecule has 1 fully saturated rings. The first kappa shape index (κ1) is 10.3. The van der Waals surface area contributed by atoms with Crippen LogP contribution >= 0.6 is 0 Å². The summed E-state index contributed by atoms with van der Waals surface area (Å²) in [6.07, 6.45) is 1.12.